The molecule has 0 aromatic heterocycles. The Hall–Kier alpha value is -2.96. The smallest absolute Gasteiger partial charge is 0.336 e. The first kappa shape index (κ1) is 22.7. The number of ketones is 1. The molecular weight excluding hydrogens is 396 g/mol. The van der Waals surface area contributed by atoms with Gasteiger partial charge in [0.05, 0.1) is 17.1 Å². The molecule has 166 valence electrons. The van der Waals surface area contributed by atoms with Gasteiger partial charge < -0.3 is 10.1 Å². The van der Waals surface area contributed by atoms with Crippen LogP contribution in [0, 0.1) is 15.5 Å². The first-order chi connectivity index (χ1) is 14.6. The summed E-state index contributed by atoms with van der Waals surface area (Å²) in [5.74, 6) is -1.21. The second-order valence-electron chi connectivity index (χ2n) is 9.12. The van der Waals surface area contributed by atoms with E-state index >= 15 is 0 Å². The second-order valence-corrected chi connectivity index (χ2v) is 9.12. The van der Waals surface area contributed by atoms with Crippen molar-refractivity contribution in [2.75, 3.05) is 6.61 Å². The summed E-state index contributed by atoms with van der Waals surface area (Å²) < 4.78 is 5.53. The third-order valence-corrected chi connectivity index (χ3v) is 5.86. The van der Waals surface area contributed by atoms with E-state index < -0.39 is 16.8 Å². The zero-order valence-electron chi connectivity index (χ0n) is 18.6. The molecule has 1 atom stereocenters. The summed E-state index contributed by atoms with van der Waals surface area (Å²) in [4.78, 5) is 37.2. The highest BCUT2D eigenvalue weighted by molar-refractivity contribution is 6.04. The van der Waals surface area contributed by atoms with Gasteiger partial charge in [0, 0.05) is 41.4 Å². The summed E-state index contributed by atoms with van der Waals surface area (Å²) in [5.41, 5.74) is 2.56. The van der Waals surface area contributed by atoms with Crippen LogP contribution >= 0.6 is 0 Å². The summed E-state index contributed by atoms with van der Waals surface area (Å²) >= 11 is 0. The van der Waals surface area contributed by atoms with Crippen LogP contribution in [-0.2, 0) is 14.3 Å². The standard InChI is InChI=1S/C24H30N2O5/c1-5-6-7-11-31-23(28)20-15(2)25-18-13-24(3,4)14-19(27)22(18)21(20)16-9-8-10-17(12-16)26(29)30/h8-10,12,21,25H,5-7,11,13-14H2,1-4H3/t21-/m1/s1. The van der Waals surface area contributed by atoms with Gasteiger partial charge in [-0.1, -0.05) is 45.7 Å². The lowest BCUT2D eigenvalue weighted by atomic mass is 9.68. The number of allylic oxidation sites excluding steroid dienone is 3. The molecule has 7 heteroatoms. The van der Waals surface area contributed by atoms with Crippen LogP contribution in [0.5, 0.6) is 0 Å². The number of rotatable bonds is 7. The van der Waals surface area contributed by atoms with Gasteiger partial charge in [-0.05, 0) is 30.7 Å². The molecule has 0 saturated heterocycles. The van der Waals surface area contributed by atoms with Crippen molar-refractivity contribution in [3.8, 4) is 0 Å². The number of nitro groups is 1. The highest BCUT2D eigenvalue weighted by Gasteiger charge is 2.43. The van der Waals surface area contributed by atoms with E-state index in [9.17, 15) is 19.7 Å². The van der Waals surface area contributed by atoms with Crippen molar-refractivity contribution in [1.82, 2.24) is 5.32 Å². The number of Topliss-reactive ketones (excluding diaryl/α,β-unsaturated/α-hetero) is 1. The third kappa shape index (κ3) is 4.86. The van der Waals surface area contributed by atoms with Crippen LogP contribution in [0.25, 0.3) is 0 Å². The molecule has 1 heterocycles. The Morgan fingerprint density at radius 1 is 1.29 bits per heavy atom. The topological polar surface area (TPSA) is 98.5 Å². The molecule has 1 aromatic carbocycles. The van der Waals surface area contributed by atoms with Crippen molar-refractivity contribution in [3.63, 3.8) is 0 Å². The summed E-state index contributed by atoms with van der Waals surface area (Å²) in [6.45, 7) is 8.24. The maximum atomic E-state index is 13.2. The average Bonchev–Trinajstić information content (AvgIpc) is 2.69. The molecule has 3 rings (SSSR count). The molecule has 7 nitrogen and oxygen atoms in total. The summed E-state index contributed by atoms with van der Waals surface area (Å²) in [6, 6.07) is 6.18. The molecule has 1 N–H and O–H groups in total. The van der Waals surface area contributed by atoms with E-state index in [2.05, 4.69) is 12.2 Å². The fraction of sp³-hybridized carbons (Fsp3) is 0.500. The molecule has 0 bridgehead atoms. The van der Waals surface area contributed by atoms with Crippen LogP contribution in [0.15, 0.2) is 46.8 Å². The minimum Gasteiger partial charge on any atom is -0.462 e. The summed E-state index contributed by atoms with van der Waals surface area (Å²) in [5, 5.41) is 14.6. The van der Waals surface area contributed by atoms with Crippen molar-refractivity contribution in [2.45, 2.75) is 65.7 Å². The number of carbonyl (C=O) groups is 2. The van der Waals surface area contributed by atoms with Crippen molar-refractivity contribution >= 4 is 17.4 Å². The molecule has 0 radical (unpaired) electrons. The number of nitrogens with one attached hydrogen (secondary N) is 1. The molecule has 1 aliphatic heterocycles. The number of nitrogens with zero attached hydrogens (tertiary/aromatic N) is 1. The van der Waals surface area contributed by atoms with E-state index in [4.69, 9.17) is 4.74 Å². The van der Waals surface area contributed by atoms with E-state index in [1.807, 2.05) is 13.8 Å². The highest BCUT2D eigenvalue weighted by Crippen LogP contribution is 2.47. The van der Waals surface area contributed by atoms with Crippen LogP contribution in [0.4, 0.5) is 5.69 Å². The van der Waals surface area contributed by atoms with Gasteiger partial charge in [-0.15, -0.1) is 0 Å². The maximum absolute atomic E-state index is 13.2. The molecule has 0 saturated carbocycles. The predicted octanol–water partition coefficient (Wildman–Crippen LogP) is 4.93. The minimum atomic E-state index is -0.682. The number of hydrogen-bond donors (Lipinski definition) is 1. The van der Waals surface area contributed by atoms with Gasteiger partial charge in [-0.2, -0.15) is 0 Å². The number of nitro benzene ring substituents is 1. The van der Waals surface area contributed by atoms with Crippen molar-refractivity contribution < 1.29 is 19.2 Å². The van der Waals surface area contributed by atoms with Gasteiger partial charge in [-0.25, -0.2) is 4.79 Å². The van der Waals surface area contributed by atoms with Gasteiger partial charge in [0.15, 0.2) is 5.78 Å². The normalized spacial score (nSPS) is 20.3. The lowest BCUT2D eigenvalue weighted by Gasteiger charge is -2.39. The van der Waals surface area contributed by atoms with Crippen LogP contribution in [0.2, 0.25) is 0 Å². The molecule has 0 unspecified atom stereocenters. The Morgan fingerprint density at radius 2 is 2.03 bits per heavy atom. The lowest BCUT2D eigenvalue weighted by molar-refractivity contribution is -0.384. The van der Waals surface area contributed by atoms with Crippen molar-refractivity contribution in [2.24, 2.45) is 5.41 Å². The van der Waals surface area contributed by atoms with Gasteiger partial charge >= 0.3 is 5.97 Å². The van der Waals surface area contributed by atoms with E-state index in [0.717, 1.165) is 25.0 Å². The fourth-order valence-electron chi connectivity index (χ4n) is 4.45. The van der Waals surface area contributed by atoms with Gasteiger partial charge in [0.1, 0.15) is 0 Å². The highest BCUT2D eigenvalue weighted by atomic mass is 16.6. The van der Waals surface area contributed by atoms with Crippen molar-refractivity contribution in [3.05, 3.63) is 62.5 Å². The van der Waals surface area contributed by atoms with Crippen LogP contribution < -0.4 is 5.32 Å². The molecule has 2 aliphatic rings. The summed E-state index contributed by atoms with van der Waals surface area (Å²) in [6.07, 6.45) is 3.76. The van der Waals surface area contributed by atoms with Crippen LogP contribution in [-0.4, -0.2) is 23.3 Å². The van der Waals surface area contributed by atoms with Crippen molar-refractivity contribution in [1.29, 1.82) is 0 Å². The summed E-state index contributed by atoms with van der Waals surface area (Å²) in [7, 11) is 0. The zero-order valence-corrected chi connectivity index (χ0v) is 18.6. The van der Waals surface area contributed by atoms with Gasteiger partial charge in [0.2, 0.25) is 0 Å². The maximum Gasteiger partial charge on any atom is 0.336 e. The Bertz CT molecular complexity index is 974. The number of dihydropyridines is 1. The van der Waals surface area contributed by atoms with E-state index in [1.54, 1.807) is 19.1 Å². The van der Waals surface area contributed by atoms with Gasteiger partial charge in [-0.3, -0.25) is 14.9 Å². The van der Waals surface area contributed by atoms with Crippen LogP contribution in [0.1, 0.15) is 71.3 Å². The predicted molar refractivity (Wildman–Crippen MR) is 117 cm³/mol. The van der Waals surface area contributed by atoms with E-state index in [-0.39, 0.29) is 16.9 Å². The molecule has 0 fully saturated rings. The monoisotopic (exact) mass is 426 g/mol. The average molecular weight is 427 g/mol. The number of carbonyl (C=O) groups excluding carboxylic acids is 2. The fourth-order valence-corrected chi connectivity index (χ4v) is 4.45. The van der Waals surface area contributed by atoms with E-state index in [1.165, 1.54) is 12.1 Å². The number of hydrogen-bond acceptors (Lipinski definition) is 6. The lowest BCUT2D eigenvalue weighted by Crippen LogP contribution is -2.38. The second kappa shape index (κ2) is 9.04. The van der Waals surface area contributed by atoms with E-state index in [0.29, 0.717) is 41.9 Å². The first-order valence-electron chi connectivity index (χ1n) is 10.8. The Balaban J connectivity index is 2.07. The molecule has 0 amide bonds. The number of unbranched alkanes of at least 4 members (excludes halogenated alkanes) is 2. The minimum absolute atomic E-state index is 0.0426. The quantitative estimate of drug-likeness (QED) is 0.287. The number of non-ortho nitro benzene ring substituents is 1. The Morgan fingerprint density at radius 3 is 2.71 bits per heavy atom. The van der Waals surface area contributed by atoms with Gasteiger partial charge in [0.25, 0.3) is 5.69 Å². The Kier molecular flexibility index (Phi) is 6.62. The number of benzene rings is 1. The third-order valence-electron chi connectivity index (χ3n) is 5.86. The Labute approximate surface area is 182 Å². The molecule has 1 aromatic rings. The largest absolute Gasteiger partial charge is 0.462 e. The SMILES string of the molecule is CCCCCOC(=O)C1=C(C)NC2=C(C(=O)CC(C)(C)C2)[C@@H]1c1cccc([N+](=O)[O-])c1. The number of esters is 1. The number of ether oxygens (including phenoxy) is 1. The molecule has 0 spiro atoms. The molecule has 31 heavy (non-hydrogen) atoms. The molecule has 1 aliphatic carbocycles. The van der Waals surface area contributed by atoms with Crippen LogP contribution in [0.3, 0.4) is 0 Å². The first-order valence-corrected chi connectivity index (χ1v) is 10.8. The zero-order chi connectivity index (χ0) is 22.8. The molecular formula is C24H30N2O5.